The monoisotopic (exact) mass is 379 g/mol. The van der Waals surface area contributed by atoms with Crippen LogP contribution in [0.2, 0.25) is 0 Å². The van der Waals surface area contributed by atoms with Crippen LogP contribution in [-0.4, -0.2) is 19.0 Å². The molecular formula is C22H23N2O2S+. The van der Waals surface area contributed by atoms with Gasteiger partial charge in [-0.05, 0) is 35.7 Å². The number of nitrogens with one attached hydrogen (secondary N) is 2. The minimum absolute atomic E-state index is 0.0255. The Bertz CT molecular complexity index is 880. The molecule has 0 saturated carbocycles. The molecule has 2 N–H and O–H groups in total. The maximum Gasteiger partial charge on any atom is 0.279 e. The second-order valence-electron chi connectivity index (χ2n) is 6.75. The predicted molar refractivity (Wildman–Crippen MR) is 109 cm³/mol. The lowest BCUT2D eigenvalue weighted by Gasteiger charge is -2.20. The lowest BCUT2D eigenvalue weighted by atomic mass is 10.2. The van der Waals surface area contributed by atoms with Crippen LogP contribution >= 0.6 is 11.3 Å². The van der Waals surface area contributed by atoms with Gasteiger partial charge in [0.05, 0.1) is 17.1 Å². The van der Waals surface area contributed by atoms with E-state index in [1.807, 2.05) is 54.6 Å². The topological polar surface area (TPSA) is 42.8 Å². The summed E-state index contributed by atoms with van der Waals surface area (Å²) >= 11 is 1.79. The fourth-order valence-corrected chi connectivity index (χ4v) is 4.55. The molecule has 5 heteroatoms. The summed E-state index contributed by atoms with van der Waals surface area (Å²) in [4.78, 5) is 15.4. The number of thiophene rings is 1. The van der Waals surface area contributed by atoms with Gasteiger partial charge in [-0.2, -0.15) is 0 Å². The molecule has 1 saturated heterocycles. The van der Waals surface area contributed by atoms with Crippen molar-refractivity contribution < 1.29 is 14.4 Å². The molecule has 2 atom stereocenters. The van der Waals surface area contributed by atoms with Crippen molar-refractivity contribution in [2.75, 3.05) is 18.4 Å². The highest BCUT2D eigenvalue weighted by Crippen LogP contribution is 2.29. The number of hydrogen-bond donors (Lipinski definition) is 2. The minimum atomic E-state index is 0.0255. The van der Waals surface area contributed by atoms with E-state index in [0.29, 0.717) is 24.0 Å². The molecule has 1 amide bonds. The summed E-state index contributed by atoms with van der Waals surface area (Å²) in [6.45, 7) is 1.51. The van der Waals surface area contributed by atoms with Crippen LogP contribution in [0.5, 0.6) is 11.5 Å². The normalized spacial score (nSPS) is 19.0. The third kappa shape index (κ3) is 4.38. The summed E-state index contributed by atoms with van der Waals surface area (Å²) in [7, 11) is 0. The number of ether oxygens (including phenoxy) is 1. The predicted octanol–water partition coefficient (Wildman–Crippen LogP) is 3.90. The number of carbonyl (C=O) groups excluding carboxylic acids is 1. The zero-order valence-electron chi connectivity index (χ0n) is 15.1. The van der Waals surface area contributed by atoms with Crippen molar-refractivity contribution in [2.45, 2.75) is 18.9 Å². The fraction of sp³-hybridized carbons (Fsp3) is 0.227. The van der Waals surface area contributed by atoms with Gasteiger partial charge in [0.2, 0.25) is 0 Å². The van der Waals surface area contributed by atoms with E-state index in [2.05, 4.69) is 22.8 Å². The van der Waals surface area contributed by atoms with E-state index in [-0.39, 0.29) is 5.91 Å². The Balaban J connectivity index is 1.42. The van der Waals surface area contributed by atoms with E-state index in [1.165, 1.54) is 16.2 Å². The van der Waals surface area contributed by atoms with Crippen LogP contribution in [0.15, 0.2) is 72.1 Å². The molecular weight excluding hydrogens is 356 g/mol. The van der Waals surface area contributed by atoms with Gasteiger partial charge in [-0.3, -0.25) is 4.79 Å². The Morgan fingerprint density at radius 3 is 2.70 bits per heavy atom. The number of anilines is 1. The second-order valence-corrected chi connectivity index (χ2v) is 7.73. The van der Waals surface area contributed by atoms with Crippen molar-refractivity contribution in [3.8, 4) is 11.5 Å². The van der Waals surface area contributed by atoms with Crippen molar-refractivity contribution in [1.82, 2.24) is 0 Å². The summed E-state index contributed by atoms with van der Waals surface area (Å²) in [5, 5.41) is 5.16. The highest BCUT2D eigenvalue weighted by Gasteiger charge is 2.32. The molecule has 3 aromatic rings. The molecule has 4 rings (SSSR count). The lowest BCUT2D eigenvalue weighted by Crippen LogP contribution is -3.11. The zero-order chi connectivity index (χ0) is 18.5. The largest absolute Gasteiger partial charge is 0.455 e. The summed E-state index contributed by atoms with van der Waals surface area (Å²) < 4.78 is 5.94. The van der Waals surface area contributed by atoms with Crippen LogP contribution in [0.3, 0.4) is 0 Å². The number of rotatable bonds is 6. The molecule has 138 valence electrons. The molecule has 1 aliphatic heterocycles. The van der Waals surface area contributed by atoms with Crippen LogP contribution in [0, 0.1) is 0 Å². The van der Waals surface area contributed by atoms with Crippen molar-refractivity contribution in [3.05, 3.63) is 77.0 Å². The summed E-state index contributed by atoms with van der Waals surface area (Å²) in [5.41, 5.74) is 0.706. The van der Waals surface area contributed by atoms with Crippen LogP contribution in [0.25, 0.3) is 0 Å². The Labute approximate surface area is 163 Å². The second kappa shape index (κ2) is 8.37. The maximum absolute atomic E-state index is 12.7. The van der Waals surface area contributed by atoms with Gasteiger partial charge in [0.1, 0.15) is 11.8 Å². The quantitative estimate of drug-likeness (QED) is 0.682. The van der Waals surface area contributed by atoms with Crippen molar-refractivity contribution in [1.29, 1.82) is 0 Å². The van der Waals surface area contributed by atoms with Gasteiger partial charge < -0.3 is 15.0 Å². The van der Waals surface area contributed by atoms with Gasteiger partial charge in [0.15, 0.2) is 12.3 Å². The van der Waals surface area contributed by atoms with E-state index in [0.717, 1.165) is 18.7 Å². The van der Waals surface area contributed by atoms with E-state index in [1.54, 1.807) is 11.3 Å². The van der Waals surface area contributed by atoms with Gasteiger partial charge in [-0.1, -0.05) is 36.4 Å². The van der Waals surface area contributed by atoms with Crippen molar-refractivity contribution in [2.24, 2.45) is 0 Å². The zero-order valence-corrected chi connectivity index (χ0v) is 15.9. The molecule has 1 unspecified atom stereocenters. The molecule has 1 aromatic heterocycles. The fourth-order valence-electron chi connectivity index (χ4n) is 3.63. The Morgan fingerprint density at radius 1 is 1.07 bits per heavy atom. The molecule has 0 radical (unpaired) electrons. The number of hydrogen-bond acceptors (Lipinski definition) is 3. The Morgan fingerprint density at radius 2 is 1.89 bits per heavy atom. The van der Waals surface area contributed by atoms with Crippen LogP contribution in [0.1, 0.15) is 23.8 Å². The molecule has 1 fully saturated rings. The summed E-state index contributed by atoms with van der Waals surface area (Å²) in [6, 6.07) is 21.9. The smallest absolute Gasteiger partial charge is 0.279 e. The number of amides is 1. The number of benzene rings is 2. The molecule has 0 aliphatic carbocycles. The molecule has 4 nitrogen and oxygen atoms in total. The van der Waals surface area contributed by atoms with E-state index in [9.17, 15) is 4.79 Å². The molecule has 27 heavy (non-hydrogen) atoms. The number of likely N-dealkylation sites (tertiary alicyclic amines) is 1. The first-order valence-corrected chi connectivity index (χ1v) is 10.2. The average Bonchev–Trinajstić information content (AvgIpc) is 3.36. The summed E-state index contributed by atoms with van der Waals surface area (Å²) in [6.07, 6.45) is 2.32. The van der Waals surface area contributed by atoms with Gasteiger partial charge in [0.25, 0.3) is 5.91 Å². The van der Waals surface area contributed by atoms with Gasteiger partial charge >= 0.3 is 0 Å². The lowest BCUT2D eigenvalue weighted by molar-refractivity contribution is -0.910. The van der Waals surface area contributed by atoms with Gasteiger partial charge in [-0.15, -0.1) is 11.3 Å². The first kappa shape index (κ1) is 17.8. The number of carbonyl (C=O) groups is 1. The van der Waals surface area contributed by atoms with Gasteiger partial charge in [-0.25, -0.2) is 0 Å². The number of quaternary nitrogens is 1. The first-order chi connectivity index (χ1) is 13.3. The maximum atomic E-state index is 12.7. The third-order valence-electron chi connectivity index (χ3n) is 4.89. The van der Waals surface area contributed by atoms with Crippen LogP contribution in [0.4, 0.5) is 5.69 Å². The molecule has 0 spiro atoms. The van der Waals surface area contributed by atoms with Crippen molar-refractivity contribution in [3.63, 3.8) is 0 Å². The third-order valence-corrected chi connectivity index (χ3v) is 5.88. The van der Waals surface area contributed by atoms with E-state index >= 15 is 0 Å². The SMILES string of the molecule is O=C(C[NH+]1CCC[C@@H]1c1cccs1)Nc1ccccc1Oc1ccccc1. The Kier molecular flexibility index (Phi) is 5.51. The average molecular weight is 380 g/mol. The van der Waals surface area contributed by atoms with E-state index in [4.69, 9.17) is 4.74 Å². The van der Waals surface area contributed by atoms with Gasteiger partial charge in [0, 0.05) is 12.8 Å². The highest BCUT2D eigenvalue weighted by atomic mass is 32.1. The van der Waals surface area contributed by atoms with Crippen LogP contribution in [-0.2, 0) is 4.79 Å². The molecule has 2 aromatic carbocycles. The van der Waals surface area contributed by atoms with Crippen LogP contribution < -0.4 is 15.0 Å². The molecule has 1 aliphatic rings. The summed E-state index contributed by atoms with van der Waals surface area (Å²) in [5.74, 6) is 1.43. The van der Waals surface area contributed by atoms with E-state index < -0.39 is 0 Å². The molecule has 0 bridgehead atoms. The standard InChI is InChI=1S/C22H22N2O2S/c25-22(16-24-14-6-11-19(24)21-13-7-15-27-21)23-18-10-4-5-12-20(18)26-17-8-2-1-3-9-17/h1-5,7-10,12-13,15,19H,6,11,14,16H2,(H,23,25)/p+1/t19-/m1/s1. The molecule has 2 heterocycles. The highest BCUT2D eigenvalue weighted by molar-refractivity contribution is 7.10. The first-order valence-electron chi connectivity index (χ1n) is 9.29. The Hall–Kier alpha value is -2.63. The van der Waals surface area contributed by atoms with Crippen molar-refractivity contribution >= 4 is 22.9 Å². The number of para-hydroxylation sites is 3. The minimum Gasteiger partial charge on any atom is -0.455 e.